The standard InChI is InChI=1S/C3H8O.Cl2HOP/c1-3(2)4;1-4(2)3/h3-4H,1-2H3;3H. The number of hydrogen-bond acceptors (Lipinski definition) is 2. The predicted molar refractivity (Wildman–Crippen MR) is 38.2 cm³/mol. The molecule has 2 nitrogen and oxygen atoms in total. The maximum Gasteiger partial charge on any atom is 0.222 e. The van der Waals surface area contributed by atoms with E-state index in [0.717, 1.165) is 0 Å². The molecule has 0 radical (unpaired) electrons. The summed E-state index contributed by atoms with van der Waals surface area (Å²) in [5.74, 6) is 0. The first-order valence-electron chi connectivity index (χ1n) is 1.95. The average Bonchev–Trinajstić information content (AvgIpc) is 1.25. The summed E-state index contributed by atoms with van der Waals surface area (Å²) in [5.41, 5.74) is 0. The van der Waals surface area contributed by atoms with E-state index in [4.69, 9.17) is 10.00 Å². The summed E-state index contributed by atoms with van der Waals surface area (Å²) >= 11 is 9.32. The first-order valence-corrected chi connectivity index (χ1v) is 5.06. The second-order valence-corrected chi connectivity index (χ2v) is 4.18. The van der Waals surface area contributed by atoms with E-state index in [1.54, 1.807) is 13.8 Å². The van der Waals surface area contributed by atoms with E-state index >= 15 is 0 Å². The van der Waals surface area contributed by atoms with Gasteiger partial charge in [0.05, 0.1) is 0 Å². The Morgan fingerprint density at radius 1 is 1.38 bits per heavy atom. The largest absolute Gasteiger partial charge is 0.394 e. The van der Waals surface area contributed by atoms with Gasteiger partial charge in [0, 0.05) is 6.10 Å². The normalized spacial score (nSPS) is 9.00. The van der Waals surface area contributed by atoms with Crippen molar-refractivity contribution in [3.8, 4) is 0 Å². The Labute approximate surface area is 59.8 Å². The monoisotopic (exact) mass is 178 g/mol. The highest BCUT2D eigenvalue weighted by Crippen LogP contribution is 2.40. The number of rotatable bonds is 0. The molecule has 0 bridgehead atoms. The van der Waals surface area contributed by atoms with Crippen molar-refractivity contribution in [3.05, 3.63) is 0 Å². The molecule has 0 aromatic heterocycles. The second kappa shape index (κ2) is 7.93. The van der Waals surface area contributed by atoms with Crippen LogP contribution in [0.15, 0.2) is 0 Å². The molecule has 0 rings (SSSR count). The van der Waals surface area contributed by atoms with Gasteiger partial charge in [0.15, 0.2) is 0 Å². The molecule has 0 unspecified atom stereocenters. The minimum absolute atomic E-state index is 0.167. The van der Waals surface area contributed by atoms with E-state index in [-0.39, 0.29) is 6.10 Å². The van der Waals surface area contributed by atoms with E-state index in [2.05, 4.69) is 22.5 Å². The third-order valence-electron chi connectivity index (χ3n) is 0. The molecule has 0 saturated carbocycles. The van der Waals surface area contributed by atoms with Gasteiger partial charge in [-0.15, -0.1) is 0 Å². The molecule has 0 aliphatic rings. The predicted octanol–water partition coefficient (Wildman–Crippen LogP) is 2.07. The lowest BCUT2D eigenvalue weighted by molar-refractivity contribution is 0.216. The summed E-state index contributed by atoms with van der Waals surface area (Å²) in [7, 11) is 0. The Morgan fingerprint density at radius 3 is 1.38 bits per heavy atom. The van der Waals surface area contributed by atoms with Gasteiger partial charge in [0.25, 0.3) is 0 Å². The molecular formula is C3H9Cl2O2P. The van der Waals surface area contributed by atoms with Crippen molar-refractivity contribution in [1.29, 1.82) is 0 Å². The summed E-state index contributed by atoms with van der Waals surface area (Å²) in [5, 5.41) is 8.06. The molecule has 0 aromatic carbocycles. The van der Waals surface area contributed by atoms with Gasteiger partial charge in [0.1, 0.15) is 0 Å². The molecule has 0 aromatic rings. The second-order valence-electron chi connectivity index (χ2n) is 1.31. The Balaban J connectivity index is 0. The Bertz CT molecular complexity index is 30.8. The minimum atomic E-state index is -1.68. The molecule has 0 saturated heterocycles. The summed E-state index contributed by atoms with van der Waals surface area (Å²) in [6, 6.07) is 0. The van der Waals surface area contributed by atoms with Gasteiger partial charge in [0.2, 0.25) is 6.85 Å². The molecule has 0 aliphatic heterocycles. The van der Waals surface area contributed by atoms with Crippen molar-refractivity contribution in [2.45, 2.75) is 20.0 Å². The quantitative estimate of drug-likeness (QED) is 0.558. The average molecular weight is 179 g/mol. The van der Waals surface area contributed by atoms with Crippen molar-refractivity contribution in [1.82, 2.24) is 0 Å². The number of hydrogen-bond donors (Lipinski definition) is 2. The van der Waals surface area contributed by atoms with E-state index < -0.39 is 6.85 Å². The van der Waals surface area contributed by atoms with Crippen LogP contribution in [-0.2, 0) is 0 Å². The van der Waals surface area contributed by atoms with Gasteiger partial charge >= 0.3 is 0 Å². The SMILES string of the molecule is CC(C)O.OP(Cl)Cl. The summed E-state index contributed by atoms with van der Waals surface area (Å²) in [6.45, 7) is 1.77. The molecule has 0 spiro atoms. The fourth-order valence-electron chi connectivity index (χ4n) is 0. The fraction of sp³-hybridized carbons (Fsp3) is 1.00. The molecule has 0 atom stereocenters. The highest BCUT2D eigenvalue weighted by Gasteiger charge is 1.79. The molecule has 52 valence electrons. The number of aliphatic hydroxyl groups is 1. The zero-order valence-corrected chi connectivity index (χ0v) is 7.08. The molecule has 0 heterocycles. The van der Waals surface area contributed by atoms with Crippen molar-refractivity contribution >= 4 is 29.3 Å². The minimum Gasteiger partial charge on any atom is -0.394 e. The lowest BCUT2D eigenvalue weighted by Crippen LogP contribution is -1.85. The lowest BCUT2D eigenvalue weighted by atomic mass is 10.5. The van der Waals surface area contributed by atoms with E-state index in [9.17, 15) is 0 Å². The van der Waals surface area contributed by atoms with Crippen LogP contribution in [0.1, 0.15) is 13.8 Å². The molecule has 5 heteroatoms. The van der Waals surface area contributed by atoms with Crippen LogP contribution in [0, 0.1) is 0 Å². The van der Waals surface area contributed by atoms with Crippen LogP contribution < -0.4 is 0 Å². The Kier molecular flexibility index (Phi) is 11.6. The first kappa shape index (κ1) is 11.7. The van der Waals surface area contributed by atoms with Gasteiger partial charge < -0.3 is 10.00 Å². The molecule has 2 N–H and O–H groups in total. The van der Waals surface area contributed by atoms with Gasteiger partial charge in [-0.1, -0.05) is 0 Å². The van der Waals surface area contributed by atoms with Gasteiger partial charge in [-0.2, -0.15) is 0 Å². The first-order chi connectivity index (χ1) is 3.46. The fourth-order valence-corrected chi connectivity index (χ4v) is 0. The molecular weight excluding hydrogens is 170 g/mol. The van der Waals surface area contributed by atoms with Crippen molar-refractivity contribution in [2.75, 3.05) is 0 Å². The van der Waals surface area contributed by atoms with Gasteiger partial charge in [-0.25, -0.2) is 0 Å². The Morgan fingerprint density at radius 2 is 1.38 bits per heavy atom. The number of halogens is 2. The van der Waals surface area contributed by atoms with Crippen LogP contribution in [0.2, 0.25) is 0 Å². The molecule has 8 heavy (non-hydrogen) atoms. The van der Waals surface area contributed by atoms with Crippen molar-refractivity contribution in [3.63, 3.8) is 0 Å². The number of aliphatic hydroxyl groups excluding tert-OH is 1. The summed E-state index contributed by atoms with van der Waals surface area (Å²) in [4.78, 5) is 7.65. The Hall–Kier alpha value is 0.930. The van der Waals surface area contributed by atoms with Crippen LogP contribution in [0.4, 0.5) is 0 Å². The smallest absolute Gasteiger partial charge is 0.222 e. The van der Waals surface area contributed by atoms with Crippen LogP contribution in [-0.4, -0.2) is 16.1 Å². The topological polar surface area (TPSA) is 40.5 Å². The third kappa shape index (κ3) is 282. The van der Waals surface area contributed by atoms with Gasteiger partial charge in [-0.3, -0.25) is 0 Å². The van der Waals surface area contributed by atoms with E-state index in [1.165, 1.54) is 0 Å². The molecule has 0 amide bonds. The van der Waals surface area contributed by atoms with E-state index in [0.29, 0.717) is 0 Å². The summed E-state index contributed by atoms with van der Waals surface area (Å²) < 4.78 is 0. The maximum atomic E-state index is 8.06. The molecule has 0 fully saturated rings. The highest BCUT2D eigenvalue weighted by atomic mass is 35.9. The zero-order valence-electron chi connectivity index (χ0n) is 4.67. The van der Waals surface area contributed by atoms with Crippen molar-refractivity contribution in [2.24, 2.45) is 0 Å². The van der Waals surface area contributed by atoms with Crippen LogP contribution in [0.5, 0.6) is 0 Å². The van der Waals surface area contributed by atoms with E-state index in [1.807, 2.05) is 0 Å². The lowest BCUT2D eigenvalue weighted by Gasteiger charge is -1.80. The third-order valence-corrected chi connectivity index (χ3v) is 0. The van der Waals surface area contributed by atoms with Crippen LogP contribution in [0.3, 0.4) is 0 Å². The molecule has 0 aliphatic carbocycles. The van der Waals surface area contributed by atoms with Gasteiger partial charge in [-0.05, 0) is 36.3 Å². The van der Waals surface area contributed by atoms with Crippen molar-refractivity contribution < 1.29 is 10.00 Å². The van der Waals surface area contributed by atoms with Crippen LogP contribution >= 0.6 is 29.3 Å². The highest BCUT2D eigenvalue weighted by molar-refractivity contribution is 7.99. The summed E-state index contributed by atoms with van der Waals surface area (Å²) in [6.07, 6.45) is -0.167. The maximum absolute atomic E-state index is 8.06. The zero-order chi connectivity index (χ0) is 7.15. The van der Waals surface area contributed by atoms with Crippen LogP contribution in [0.25, 0.3) is 0 Å².